The van der Waals surface area contributed by atoms with Gasteiger partial charge in [0.15, 0.2) is 0 Å². The molecule has 0 heterocycles. The van der Waals surface area contributed by atoms with Gasteiger partial charge in [0.1, 0.15) is 0 Å². The molecule has 1 unspecified atom stereocenters. The molecule has 0 radical (unpaired) electrons. The Bertz CT molecular complexity index is 626. The maximum absolute atomic E-state index is 12.2. The van der Waals surface area contributed by atoms with E-state index in [9.17, 15) is 4.79 Å². The molecular weight excluding hydrogens is 295 g/mol. The maximum atomic E-state index is 12.2. The summed E-state index contributed by atoms with van der Waals surface area (Å²) in [5.74, 6) is -0.235. The predicted molar refractivity (Wildman–Crippen MR) is 83.2 cm³/mol. The first kappa shape index (κ1) is 14.7. The molecule has 0 aliphatic rings. The predicted octanol–water partition coefficient (Wildman–Crippen LogP) is 4.07. The monoisotopic (exact) mass is 308 g/mol. The van der Waals surface area contributed by atoms with E-state index in [-0.39, 0.29) is 11.9 Å². The topological polar surface area (TPSA) is 55.1 Å². The number of anilines is 1. The van der Waals surface area contributed by atoms with Crippen molar-refractivity contribution in [1.29, 1.82) is 0 Å². The van der Waals surface area contributed by atoms with E-state index in [0.29, 0.717) is 21.3 Å². The van der Waals surface area contributed by atoms with Gasteiger partial charge in [-0.3, -0.25) is 4.79 Å². The lowest BCUT2D eigenvalue weighted by atomic mass is 10.1. The number of hydrogen-bond acceptors (Lipinski definition) is 2. The lowest BCUT2D eigenvalue weighted by molar-refractivity contribution is 0.0941. The highest BCUT2D eigenvalue weighted by Gasteiger charge is 2.14. The Hall–Kier alpha value is -1.71. The molecule has 2 aromatic rings. The van der Waals surface area contributed by atoms with Crippen molar-refractivity contribution in [2.24, 2.45) is 0 Å². The highest BCUT2D eigenvalue weighted by molar-refractivity contribution is 6.31. The molecule has 5 heteroatoms. The zero-order valence-electron chi connectivity index (χ0n) is 10.9. The van der Waals surface area contributed by atoms with Crippen molar-refractivity contribution < 1.29 is 4.79 Å². The molecular formula is C15H14Cl2N2O. The van der Waals surface area contributed by atoms with Gasteiger partial charge in [-0.25, -0.2) is 0 Å². The first-order valence-electron chi connectivity index (χ1n) is 6.08. The Morgan fingerprint density at radius 1 is 1.10 bits per heavy atom. The molecule has 1 atom stereocenters. The van der Waals surface area contributed by atoms with Crippen molar-refractivity contribution in [3.8, 4) is 0 Å². The van der Waals surface area contributed by atoms with Crippen molar-refractivity contribution in [2.75, 3.05) is 5.73 Å². The average molecular weight is 309 g/mol. The number of carbonyl (C=O) groups excluding carboxylic acids is 1. The molecule has 0 aromatic heterocycles. The van der Waals surface area contributed by atoms with E-state index in [0.717, 1.165) is 5.56 Å². The van der Waals surface area contributed by atoms with Crippen LogP contribution < -0.4 is 11.1 Å². The Morgan fingerprint density at radius 2 is 1.70 bits per heavy atom. The maximum Gasteiger partial charge on any atom is 0.253 e. The minimum Gasteiger partial charge on any atom is -0.398 e. The lowest BCUT2D eigenvalue weighted by Crippen LogP contribution is -2.27. The Kier molecular flexibility index (Phi) is 4.53. The van der Waals surface area contributed by atoms with Crippen LogP contribution in [-0.2, 0) is 0 Å². The van der Waals surface area contributed by atoms with Gasteiger partial charge in [-0.05, 0) is 42.8 Å². The molecule has 0 fully saturated rings. The second-order valence-electron chi connectivity index (χ2n) is 4.48. The fourth-order valence-corrected chi connectivity index (χ4v) is 2.16. The summed E-state index contributed by atoms with van der Waals surface area (Å²) in [7, 11) is 0. The molecule has 2 rings (SSSR count). The first-order chi connectivity index (χ1) is 9.47. The molecule has 0 saturated carbocycles. The minimum absolute atomic E-state index is 0.144. The van der Waals surface area contributed by atoms with Crippen LogP contribution in [0.3, 0.4) is 0 Å². The number of benzene rings is 2. The molecule has 2 aromatic carbocycles. The number of halogens is 2. The largest absolute Gasteiger partial charge is 0.398 e. The molecule has 20 heavy (non-hydrogen) atoms. The van der Waals surface area contributed by atoms with Crippen LogP contribution in [0.2, 0.25) is 10.0 Å². The van der Waals surface area contributed by atoms with E-state index in [1.54, 1.807) is 30.3 Å². The SMILES string of the molecule is CC(NC(=O)c1ccc(Cl)cc1N)c1ccc(Cl)cc1. The molecule has 0 saturated heterocycles. The summed E-state index contributed by atoms with van der Waals surface area (Å²) in [5.41, 5.74) is 7.53. The fourth-order valence-electron chi connectivity index (χ4n) is 1.85. The molecule has 1 amide bonds. The standard InChI is InChI=1S/C15H14Cl2N2O/c1-9(10-2-4-11(16)5-3-10)19-15(20)13-7-6-12(17)8-14(13)18/h2-9H,18H2,1H3,(H,19,20). The lowest BCUT2D eigenvalue weighted by Gasteiger charge is -2.15. The number of nitrogens with two attached hydrogens (primary N) is 1. The van der Waals surface area contributed by atoms with E-state index in [1.165, 1.54) is 0 Å². The van der Waals surface area contributed by atoms with Crippen LogP contribution in [0.5, 0.6) is 0 Å². The zero-order valence-corrected chi connectivity index (χ0v) is 12.4. The van der Waals surface area contributed by atoms with Crippen molar-refractivity contribution in [1.82, 2.24) is 5.32 Å². The van der Waals surface area contributed by atoms with Gasteiger partial charge in [0.25, 0.3) is 5.91 Å². The van der Waals surface area contributed by atoms with E-state index < -0.39 is 0 Å². The van der Waals surface area contributed by atoms with E-state index >= 15 is 0 Å². The van der Waals surface area contributed by atoms with E-state index in [4.69, 9.17) is 28.9 Å². The Labute approximate surface area is 127 Å². The number of amides is 1. The van der Waals surface area contributed by atoms with Crippen LogP contribution in [0.15, 0.2) is 42.5 Å². The summed E-state index contributed by atoms with van der Waals surface area (Å²) in [6, 6.07) is 12.0. The second-order valence-corrected chi connectivity index (χ2v) is 5.35. The summed E-state index contributed by atoms with van der Waals surface area (Å²) in [5, 5.41) is 4.05. The summed E-state index contributed by atoms with van der Waals surface area (Å²) < 4.78 is 0. The Morgan fingerprint density at radius 3 is 2.30 bits per heavy atom. The smallest absolute Gasteiger partial charge is 0.253 e. The third kappa shape index (κ3) is 3.44. The third-order valence-corrected chi connectivity index (χ3v) is 3.46. The van der Waals surface area contributed by atoms with Gasteiger partial charge in [0, 0.05) is 15.7 Å². The van der Waals surface area contributed by atoms with Crippen molar-refractivity contribution in [2.45, 2.75) is 13.0 Å². The first-order valence-corrected chi connectivity index (χ1v) is 6.84. The van der Waals surface area contributed by atoms with Crippen LogP contribution in [0, 0.1) is 0 Å². The van der Waals surface area contributed by atoms with E-state index in [1.807, 2.05) is 19.1 Å². The average Bonchev–Trinajstić information content (AvgIpc) is 2.39. The highest BCUT2D eigenvalue weighted by Crippen LogP contribution is 2.20. The molecule has 0 bridgehead atoms. The van der Waals surface area contributed by atoms with Crippen molar-refractivity contribution in [3.63, 3.8) is 0 Å². The number of nitrogen functional groups attached to an aromatic ring is 1. The number of carbonyl (C=O) groups is 1. The molecule has 0 aliphatic carbocycles. The fraction of sp³-hybridized carbons (Fsp3) is 0.133. The summed E-state index contributed by atoms with van der Waals surface area (Å²) >= 11 is 11.7. The Balaban J connectivity index is 2.13. The van der Waals surface area contributed by atoms with Gasteiger partial charge in [-0.15, -0.1) is 0 Å². The molecule has 3 nitrogen and oxygen atoms in total. The van der Waals surface area contributed by atoms with Crippen LogP contribution in [0.25, 0.3) is 0 Å². The van der Waals surface area contributed by atoms with Gasteiger partial charge in [0.05, 0.1) is 11.6 Å². The molecule has 104 valence electrons. The van der Waals surface area contributed by atoms with E-state index in [2.05, 4.69) is 5.32 Å². The van der Waals surface area contributed by atoms with Gasteiger partial charge < -0.3 is 11.1 Å². The second kappa shape index (κ2) is 6.16. The number of rotatable bonds is 3. The van der Waals surface area contributed by atoms with Crippen molar-refractivity contribution >= 4 is 34.8 Å². The van der Waals surface area contributed by atoms with Gasteiger partial charge in [-0.2, -0.15) is 0 Å². The van der Waals surface area contributed by atoms with Crippen LogP contribution >= 0.6 is 23.2 Å². The highest BCUT2D eigenvalue weighted by atomic mass is 35.5. The minimum atomic E-state index is -0.235. The molecule has 0 aliphatic heterocycles. The van der Waals surface area contributed by atoms with Crippen LogP contribution in [0.1, 0.15) is 28.9 Å². The zero-order chi connectivity index (χ0) is 14.7. The van der Waals surface area contributed by atoms with Crippen molar-refractivity contribution in [3.05, 3.63) is 63.6 Å². The number of nitrogens with one attached hydrogen (secondary N) is 1. The number of hydrogen-bond donors (Lipinski definition) is 2. The quantitative estimate of drug-likeness (QED) is 0.840. The van der Waals surface area contributed by atoms with Gasteiger partial charge in [-0.1, -0.05) is 35.3 Å². The normalized spacial score (nSPS) is 11.9. The van der Waals surface area contributed by atoms with Crippen LogP contribution in [0.4, 0.5) is 5.69 Å². The summed E-state index contributed by atoms with van der Waals surface area (Å²) in [4.78, 5) is 12.2. The van der Waals surface area contributed by atoms with Crippen LogP contribution in [-0.4, -0.2) is 5.91 Å². The summed E-state index contributed by atoms with van der Waals surface area (Å²) in [6.07, 6.45) is 0. The third-order valence-electron chi connectivity index (χ3n) is 2.98. The van der Waals surface area contributed by atoms with Gasteiger partial charge >= 0.3 is 0 Å². The summed E-state index contributed by atoms with van der Waals surface area (Å²) in [6.45, 7) is 1.90. The molecule has 0 spiro atoms. The molecule has 3 N–H and O–H groups in total. The van der Waals surface area contributed by atoms with Gasteiger partial charge in [0.2, 0.25) is 0 Å².